The first-order valence-corrected chi connectivity index (χ1v) is 4.92. The lowest BCUT2D eigenvalue weighted by Gasteiger charge is -1.99. The Kier molecular flexibility index (Phi) is 2.01. The van der Waals surface area contributed by atoms with Crippen molar-refractivity contribution >= 4 is 5.97 Å². The fourth-order valence-corrected chi connectivity index (χ4v) is 1.62. The number of carbonyl (C=O) groups is 1. The number of H-pyrrole nitrogens is 1. The van der Waals surface area contributed by atoms with Gasteiger partial charge in [-0.1, -0.05) is 0 Å². The van der Waals surface area contributed by atoms with E-state index in [4.69, 9.17) is 14.6 Å². The van der Waals surface area contributed by atoms with Crippen molar-refractivity contribution in [1.82, 2.24) is 9.97 Å². The maximum atomic E-state index is 10.7. The standard InChI is InChI=1S/C11H8N2O4/c14-11(15)7-4-12-10(13-7)6-1-2-8-9(3-6)17-5-16-8/h1-4H,5H2,(H,12,13)(H,14,15). The summed E-state index contributed by atoms with van der Waals surface area (Å²) < 4.78 is 10.4. The van der Waals surface area contributed by atoms with E-state index in [9.17, 15) is 4.79 Å². The molecular formula is C11H8N2O4. The second-order valence-corrected chi connectivity index (χ2v) is 3.52. The minimum Gasteiger partial charge on any atom is -0.477 e. The van der Waals surface area contributed by atoms with Crippen LogP contribution in [-0.4, -0.2) is 27.8 Å². The number of nitrogens with zero attached hydrogens (tertiary/aromatic N) is 1. The average molecular weight is 232 g/mol. The highest BCUT2D eigenvalue weighted by molar-refractivity contribution is 5.85. The molecule has 6 nitrogen and oxygen atoms in total. The number of ether oxygens (including phenoxy) is 2. The van der Waals surface area contributed by atoms with E-state index in [1.54, 1.807) is 18.2 Å². The topological polar surface area (TPSA) is 84.4 Å². The van der Waals surface area contributed by atoms with E-state index in [0.29, 0.717) is 17.3 Å². The van der Waals surface area contributed by atoms with Crippen LogP contribution in [0.5, 0.6) is 11.5 Å². The Morgan fingerprint density at radius 3 is 2.94 bits per heavy atom. The molecule has 0 aliphatic carbocycles. The fraction of sp³-hybridized carbons (Fsp3) is 0.0909. The molecule has 2 heterocycles. The van der Waals surface area contributed by atoms with Gasteiger partial charge in [-0.2, -0.15) is 0 Å². The lowest BCUT2D eigenvalue weighted by atomic mass is 10.2. The number of fused-ring (bicyclic) bond motifs is 1. The maximum Gasteiger partial charge on any atom is 0.353 e. The third-order valence-corrected chi connectivity index (χ3v) is 2.45. The van der Waals surface area contributed by atoms with Crippen molar-refractivity contribution in [3.8, 4) is 22.9 Å². The molecule has 1 aliphatic rings. The molecule has 0 atom stereocenters. The second kappa shape index (κ2) is 3.51. The number of hydrogen-bond acceptors (Lipinski definition) is 4. The average Bonchev–Trinajstić information content (AvgIpc) is 2.97. The number of aromatic carboxylic acids is 1. The summed E-state index contributed by atoms with van der Waals surface area (Å²) in [6.45, 7) is 0.206. The van der Waals surface area contributed by atoms with E-state index in [1.165, 1.54) is 6.20 Å². The van der Waals surface area contributed by atoms with Gasteiger partial charge in [-0.25, -0.2) is 9.78 Å². The van der Waals surface area contributed by atoms with Gasteiger partial charge in [0.2, 0.25) is 6.79 Å². The van der Waals surface area contributed by atoms with Crippen molar-refractivity contribution in [1.29, 1.82) is 0 Å². The molecule has 0 saturated carbocycles. The number of rotatable bonds is 2. The molecule has 86 valence electrons. The van der Waals surface area contributed by atoms with Gasteiger partial charge < -0.3 is 19.6 Å². The fourth-order valence-electron chi connectivity index (χ4n) is 1.62. The van der Waals surface area contributed by atoms with Crippen molar-refractivity contribution in [2.24, 2.45) is 0 Å². The van der Waals surface area contributed by atoms with Crippen molar-refractivity contribution in [2.75, 3.05) is 6.79 Å². The molecule has 0 fully saturated rings. The first-order valence-electron chi connectivity index (χ1n) is 4.92. The van der Waals surface area contributed by atoms with E-state index in [0.717, 1.165) is 5.56 Å². The van der Waals surface area contributed by atoms with Crippen LogP contribution in [0.4, 0.5) is 0 Å². The summed E-state index contributed by atoms with van der Waals surface area (Å²) in [7, 11) is 0. The molecule has 2 N–H and O–H groups in total. The number of aromatic nitrogens is 2. The molecule has 0 radical (unpaired) electrons. The summed E-state index contributed by atoms with van der Waals surface area (Å²) in [5, 5.41) is 8.78. The molecule has 0 saturated heterocycles. The van der Waals surface area contributed by atoms with Gasteiger partial charge in [0.1, 0.15) is 11.5 Å². The molecule has 2 aromatic rings. The van der Waals surface area contributed by atoms with Gasteiger partial charge in [0.05, 0.1) is 6.20 Å². The molecule has 17 heavy (non-hydrogen) atoms. The number of carboxylic acids is 1. The van der Waals surface area contributed by atoms with Crippen LogP contribution in [-0.2, 0) is 0 Å². The molecule has 0 spiro atoms. The number of aromatic amines is 1. The zero-order valence-corrected chi connectivity index (χ0v) is 8.64. The second-order valence-electron chi connectivity index (χ2n) is 3.52. The molecule has 6 heteroatoms. The number of imidazole rings is 1. The molecule has 3 rings (SSSR count). The molecule has 0 bridgehead atoms. The molecule has 1 aliphatic heterocycles. The third-order valence-electron chi connectivity index (χ3n) is 2.45. The van der Waals surface area contributed by atoms with E-state index in [1.807, 2.05) is 0 Å². The molecule has 0 amide bonds. The lowest BCUT2D eigenvalue weighted by Crippen LogP contribution is -1.95. The number of benzene rings is 1. The highest BCUT2D eigenvalue weighted by atomic mass is 16.7. The normalized spacial score (nSPS) is 12.7. The summed E-state index contributed by atoms with van der Waals surface area (Å²) >= 11 is 0. The Bertz CT molecular complexity index is 591. The van der Waals surface area contributed by atoms with Crippen LogP contribution in [0.2, 0.25) is 0 Å². The van der Waals surface area contributed by atoms with E-state index in [-0.39, 0.29) is 12.5 Å². The van der Waals surface area contributed by atoms with Crippen molar-refractivity contribution in [2.45, 2.75) is 0 Å². The SMILES string of the molecule is O=C(O)c1cnc(-c2ccc3c(c2)OCO3)[nH]1. The van der Waals surface area contributed by atoms with Gasteiger partial charge in [-0.15, -0.1) is 0 Å². The Labute approximate surface area is 95.8 Å². The van der Waals surface area contributed by atoms with Crippen LogP contribution in [0.15, 0.2) is 24.4 Å². The van der Waals surface area contributed by atoms with E-state index >= 15 is 0 Å². The predicted octanol–water partition coefficient (Wildman–Crippen LogP) is 1.50. The first-order chi connectivity index (χ1) is 8.24. The van der Waals surface area contributed by atoms with Gasteiger partial charge in [0, 0.05) is 5.56 Å². The molecular weight excluding hydrogens is 224 g/mol. The highest BCUT2D eigenvalue weighted by Crippen LogP contribution is 2.35. The molecule has 1 aromatic carbocycles. The summed E-state index contributed by atoms with van der Waals surface area (Å²) in [6.07, 6.45) is 1.28. The predicted molar refractivity (Wildman–Crippen MR) is 57.1 cm³/mol. The largest absolute Gasteiger partial charge is 0.477 e. The highest BCUT2D eigenvalue weighted by Gasteiger charge is 2.15. The number of carboxylic acid groups (broad SMARTS) is 1. The Hall–Kier alpha value is -2.50. The van der Waals surface area contributed by atoms with Crippen LogP contribution in [0.1, 0.15) is 10.5 Å². The van der Waals surface area contributed by atoms with Crippen molar-refractivity contribution < 1.29 is 19.4 Å². The summed E-state index contributed by atoms with van der Waals surface area (Å²) in [4.78, 5) is 17.4. The van der Waals surface area contributed by atoms with E-state index in [2.05, 4.69) is 9.97 Å². The van der Waals surface area contributed by atoms with E-state index < -0.39 is 5.97 Å². The molecule has 0 unspecified atom stereocenters. The summed E-state index contributed by atoms with van der Waals surface area (Å²) in [5.74, 6) is 0.764. The van der Waals surface area contributed by atoms with Gasteiger partial charge in [-0.05, 0) is 18.2 Å². The van der Waals surface area contributed by atoms with Gasteiger partial charge in [-0.3, -0.25) is 0 Å². The van der Waals surface area contributed by atoms with Crippen molar-refractivity contribution in [3.63, 3.8) is 0 Å². The third kappa shape index (κ3) is 1.59. The van der Waals surface area contributed by atoms with Gasteiger partial charge in [0.25, 0.3) is 0 Å². The zero-order chi connectivity index (χ0) is 11.8. The minimum absolute atomic E-state index is 0.0534. The first kappa shape index (κ1) is 9.71. The van der Waals surface area contributed by atoms with Crippen LogP contribution in [0.25, 0.3) is 11.4 Å². The van der Waals surface area contributed by atoms with Gasteiger partial charge >= 0.3 is 5.97 Å². The van der Waals surface area contributed by atoms with Crippen molar-refractivity contribution in [3.05, 3.63) is 30.1 Å². The quantitative estimate of drug-likeness (QED) is 0.819. The van der Waals surface area contributed by atoms with Crippen LogP contribution in [0.3, 0.4) is 0 Å². The Morgan fingerprint density at radius 1 is 1.35 bits per heavy atom. The zero-order valence-electron chi connectivity index (χ0n) is 8.64. The van der Waals surface area contributed by atoms with Crippen LogP contribution >= 0.6 is 0 Å². The number of nitrogens with one attached hydrogen (secondary N) is 1. The lowest BCUT2D eigenvalue weighted by molar-refractivity contribution is 0.0691. The summed E-state index contributed by atoms with van der Waals surface area (Å²) in [5.41, 5.74) is 0.805. The van der Waals surface area contributed by atoms with Crippen LogP contribution in [0, 0.1) is 0 Å². The van der Waals surface area contributed by atoms with Crippen LogP contribution < -0.4 is 9.47 Å². The minimum atomic E-state index is -1.04. The van der Waals surface area contributed by atoms with Gasteiger partial charge in [0.15, 0.2) is 11.5 Å². The maximum absolute atomic E-state index is 10.7. The smallest absolute Gasteiger partial charge is 0.353 e. The Morgan fingerprint density at radius 2 is 2.18 bits per heavy atom. The monoisotopic (exact) mass is 232 g/mol. The molecule has 1 aromatic heterocycles. The Balaban J connectivity index is 2.00. The number of hydrogen-bond donors (Lipinski definition) is 2. The summed E-state index contributed by atoms with van der Waals surface area (Å²) in [6, 6.07) is 5.31.